The molecule has 0 aromatic heterocycles. The van der Waals surface area contributed by atoms with Crippen LogP contribution < -0.4 is 0 Å². The summed E-state index contributed by atoms with van der Waals surface area (Å²) < 4.78 is 0. The largest absolute Gasteiger partial charge is 0.294 e. The van der Waals surface area contributed by atoms with Crippen molar-refractivity contribution in [2.75, 3.05) is 0 Å². The van der Waals surface area contributed by atoms with Gasteiger partial charge >= 0.3 is 0 Å². The smallest absolute Gasteiger partial charge is 0.161 e. The summed E-state index contributed by atoms with van der Waals surface area (Å²) in [5, 5.41) is 0. The van der Waals surface area contributed by atoms with Crippen LogP contribution in [-0.4, -0.2) is 5.78 Å². The standard InChI is InChI=1S/C14H24O/c1-6-8-12(15)14(5)10-7-9-11(2)13(14,3)4/h6,8,11H,7,9-10H2,1-5H3. The fourth-order valence-corrected chi connectivity index (χ4v) is 2.76. The molecule has 0 radical (unpaired) electrons. The molecule has 1 aliphatic carbocycles. The Labute approximate surface area is 93.9 Å². The maximum Gasteiger partial charge on any atom is 0.161 e. The molecule has 1 fully saturated rings. The van der Waals surface area contributed by atoms with Crippen molar-refractivity contribution in [1.29, 1.82) is 0 Å². The molecule has 0 spiro atoms. The summed E-state index contributed by atoms with van der Waals surface area (Å²) in [5.41, 5.74) is -0.0565. The van der Waals surface area contributed by atoms with Crippen molar-refractivity contribution in [3.8, 4) is 0 Å². The van der Waals surface area contributed by atoms with Crippen LogP contribution in [0.1, 0.15) is 53.9 Å². The highest BCUT2D eigenvalue weighted by atomic mass is 16.1. The Morgan fingerprint density at radius 2 is 1.93 bits per heavy atom. The van der Waals surface area contributed by atoms with Gasteiger partial charge in [-0.25, -0.2) is 0 Å². The van der Waals surface area contributed by atoms with E-state index in [0.29, 0.717) is 11.7 Å². The molecule has 0 heterocycles. The zero-order chi connectivity index (χ0) is 11.7. The second-order valence-corrected chi connectivity index (χ2v) is 5.71. The van der Waals surface area contributed by atoms with Gasteiger partial charge in [0.15, 0.2) is 5.78 Å². The molecule has 1 saturated carbocycles. The van der Waals surface area contributed by atoms with E-state index in [1.54, 1.807) is 6.08 Å². The van der Waals surface area contributed by atoms with Crippen molar-refractivity contribution in [3.63, 3.8) is 0 Å². The lowest BCUT2D eigenvalue weighted by molar-refractivity contribution is -0.136. The first-order valence-corrected chi connectivity index (χ1v) is 6.03. The van der Waals surface area contributed by atoms with Crippen molar-refractivity contribution in [1.82, 2.24) is 0 Å². The topological polar surface area (TPSA) is 17.1 Å². The SMILES string of the molecule is CC=CC(=O)C1(C)CCCC(C)C1(C)C. The van der Waals surface area contributed by atoms with Crippen molar-refractivity contribution in [2.24, 2.45) is 16.7 Å². The quantitative estimate of drug-likeness (QED) is 0.627. The van der Waals surface area contributed by atoms with E-state index in [2.05, 4.69) is 27.7 Å². The Hall–Kier alpha value is -0.590. The van der Waals surface area contributed by atoms with E-state index in [9.17, 15) is 4.79 Å². The van der Waals surface area contributed by atoms with Gasteiger partial charge in [-0.05, 0) is 30.8 Å². The number of allylic oxidation sites excluding steroid dienone is 2. The predicted molar refractivity (Wildman–Crippen MR) is 64.7 cm³/mol. The summed E-state index contributed by atoms with van der Waals surface area (Å²) in [6.07, 6.45) is 7.09. The fraction of sp³-hybridized carbons (Fsp3) is 0.786. The third-order valence-electron chi connectivity index (χ3n) is 4.83. The molecule has 1 nitrogen and oxygen atoms in total. The summed E-state index contributed by atoms with van der Waals surface area (Å²) in [7, 11) is 0. The average Bonchev–Trinajstić information content (AvgIpc) is 2.15. The lowest BCUT2D eigenvalue weighted by Crippen LogP contribution is -2.48. The first kappa shape index (κ1) is 12.5. The molecule has 15 heavy (non-hydrogen) atoms. The van der Waals surface area contributed by atoms with Gasteiger partial charge in [0.2, 0.25) is 0 Å². The molecule has 1 rings (SSSR count). The van der Waals surface area contributed by atoms with Crippen molar-refractivity contribution in [2.45, 2.75) is 53.9 Å². The highest BCUT2D eigenvalue weighted by Gasteiger charge is 2.50. The van der Waals surface area contributed by atoms with Gasteiger partial charge in [0.25, 0.3) is 0 Å². The molecule has 0 amide bonds. The zero-order valence-corrected chi connectivity index (χ0v) is 10.8. The van der Waals surface area contributed by atoms with Crippen LogP contribution in [0.2, 0.25) is 0 Å². The third kappa shape index (κ3) is 1.89. The maximum absolute atomic E-state index is 12.2. The third-order valence-corrected chi connectivity index (χ3v) is 4.83. The zero-order valence-electron chi connectivity index (χ0n) is 10.8. The lowest BCUT2D eigenvalue weighted by atomic mass is 9.53. The van der Waals surface area contributed by atoms with Crippen LogP contribution in [0.4, 0.5) is 0 Å². The van der Waals surface area contributed by atoms with Gasteiger partial charge in [-0.1, -0.05) is 46.6 Å². The molecule has 0 N–H and O–H groups in total. The van der Waals surface area contributed by atoms with E-state index in [1.165, 1.54) is 12.8 Å². The highest BCUT2D eigenvalue weighted by molar-refractivity contribution is 5.95. The van der Waals surface area contributed by atoms with Crippen LogP contribution in [0.25, 0.3) is 0 Å². The van der Waals surface area contributed by atoms with E-state index in [4.69, 9.17) is 0 Å². The van der Waals surface area contributed by atoms with Crippen molar-refractivity contribution >= 4 is 5.78 Å². The Kier molecular flexibility index (Phi) is 3.42. The average molecular weight is 208 g/mol. The van der Waals surface area contributed by atoms with Crippen LogP contribution in [0.15, 0.2) is 12.2 Å². The van der Waals surface area contributed by atoms with Gasteiger partial charge < -0.3 is 0 Å². The molecule has 0 aromatic rings. The van der Waals surface area contributed by atoms with Crippen LogP contribution in [0.5, 0.6) is 0 Å². The number of hydrogen-bond acceptors (Lipinski definition) is 1. The van der Waals surface area contributed by atoms with Crippen molar-refractivity contribution in [3.05, 3.63) is 12.2 Å². The summed E-state index contributed by atoms with van der Waals surface area (Å²) in [6, 6.07) is 0. The van der Waals surface area contributed by atoms with E-state index in [-0.39, 0.29) is 10.8 Å². The fourth-order valence-electron chi connectivity index (χ4n) is 2.76. The number of hydrogen-bond donors (Lipinski definition) is 0. The van der Waals surface area contributed by atoms with Gasteiger partial charge in [-0.3, -0.25) is 4.79 Å². The summed E-state index contributed by atoms with van der Waals surface area (Å²) in [5.74, 6) is 0.937. The first-order valence-electron chi connectivity index (χ1n) is 6.03. The number of carbonyl (C=O) groups is 1. The molecule has 0 bridgehead atoms. The van der Waals surface area contributed by atoms with Gasteiger partial charge in [0, 0.05) is 5.41 Å². The minimum absolute atomic E-state index is 0.113. The minimum Gasteiger partial charge on any atom is -0.294 e. The molecule has 86 valence electrons. The summed E-state index contributed by atoms with van der Waals surface area (Å²) in [6.45, 7) is 10.8. The number of rotatable bonds is 2. The van der Waals surface area contributed by atoms with Crippen LogP contribution in [0, 0.1) is 16.7 Å². The molecular weight excluding hydrogens is 184 g/mol. The van der Waals surface area contributed by atoms with E-state index >= 15 is 0 Å². The van der Waals surface area contributed by atoms with Gasteiger partial charge in [0.05, 0.1) is 0 Å². The monoisotopic (exact) mass is 208 g/mol. The summed E-state index contributed by atoms with van der Waals surface area (Å²) >= 11 is 0. The first-order chi connectivity index (χ1) is 6.86. The molecule has 2 atom stereocenters. The van der Waals surface area contributed by atoms with E-state index < -0.39 is 0 Å². The molecular formula is C14H24O. The Morgan fingerprint density at radius 3 is 2.47 bits per heavy atom. The van der Waals surface area contributed by atoms with Crippen LogP contribution in [-0.2, 0) is 4.79 Å². The van der Waals surface area contributed by atoms with Gasteiger partial charge in [-0.15, -0.1) is 0 Å². The summed E-state index contributed by atoms with van der Waals surface area (Å²) in [4.78, 5) is 12.2. The van der Waals surface area contributed by atoms with Crippen molar-refractivity contribution < 1.29 is 4.79 Å². The Morgan fingerprint density at radius 1 is 1.33 bits per heavy atom. The second kappa shape index (κ2) is 4.11. The highest BCUT2D eigenvalue weighted by Crippen LogP contribution is 2.53. The lowest BCUT2D eigenvalue weighted by Gasteiger charge is -2.50. The maximum atomic E-state index is 12.2. The molecule has 0 aromatic carbocycles. The van der Waals surface area contributed by atoms with Crippen LogP contribution in [0.3, 0.4) is 0 Å². The Bertz CT molecular complexity index is 275. The molecule has 1 heteroatoms. The van der Waals surface area contributed by atoms with Gasteiger partial charge in [-0.2, -0.15) is 0 Å². The van der Waals surface area contributed by atoms with Crippen LogP contribution >= 0.6 is 0 Å². The molecule has 0 aliphatic heterocycles. The van der Waals surface area contributed by atoms with E-state index in [1.807, 2.05) is 13.0 Å². The Balaban J connectivity index is 3.04. The number of ketones is 1. The normalized spacial score (nSPS) is 35.7. The molecule has 1 aliphatic rings. The number of carbonyl (C=O) groups excluding carboxylic acids is 1. The minimum atomic E-state index is -0.169. The van der Waals surface area contributed by atoms with E-state index in [0.717, 1.165) is 6.42 Å². The molecule has 2 unspecified atom stereocenters. The van der Waals surface area contributed by atoms with Gasteiger partial charge in [0.1, 0.15) is 0 Å². The second-order valence-electron chi connectivity index (χ2n) is 5.71. The molecule has 0 saturated heterocycles. The predicted octanol–water partition coefficient (Wildman–Crippen LogP) is 3.98.